The quantitative estimate of drug-likeness (QED) is 0.877. The van der Waals surface area contributed by atoms with Gasteiger partial charge in [0, 0.05) is 18.1 Å². The monoisotopic (exact) mass is 386 g/mol. The summed E-state index contributed by atoms with van der Waals surface area (Å²) < 4.78 is 44.5. The first-order valence-corrected chi connectivity index (χ1v) is 8.07. The fraction of sp³-hybridized carbons (Fsp3) is 0.312. The van der Waals surface area contributed by atoms with Crippen LogP contribution in [0, 0.1) is 0 Å². The van der Waals surface area contributed by atoms with Crippen molar-refractivity contribution in [1.29, 1.82) is 0 Å². The number of halogens is 4. The van der Waals surface area contributed by atoms with E-state index in [1.54, 1.807) is 6.07 Å². The number of carbonyl (C=O) groups is 1. The molecule has 1 aliphatic rings. The maximum Gasteiger partial charge on any atom is 0.418 e. The summed E-state index contributed by atoms with van der Waals surface area (Å²) in [5, 5.41) is 9.90. The number of rotatable bonds is 3. The van der Waals surface area contributed by atoms with Gasteiger partial charge >= 0.3 is 6.18 Å². The molecule has 6 nitrogen and oxygen atoms in total. The van der Waals surface area contributed by atoms with Gasteiger partial charge < -0.3 is 15.0 Å². The first kappa shape index (κ1) is 18.4. The van der Waals surface area contributed by atoms with Crippen LogP contribution in [-0.4, -0.2) is 42.4 Å². The van der Waals surface area contributed by atoms with Crippen molar-refractivity contribution in [1.82, 2.24) is 10.2 Å². The molecule has 1 aliphatic heterocycles. The Morgan fingerprint density at radius 2 is 1.88 bits per heavy atom. The largest absolute Gasteiger partial charge is 0.418 e. The van der Waals surface area contributed by atoms with E-state index in [1.165, 1.54) is 12.1 Å². The maximum absolute atomic E-state index is 13.1. The molecule has 1 N–H and O–H groups in total. The summed E-state index contributed by atoms with van der Waals surface area (Å²) in [6.07, 6.45) is -4.65. The van der Waals surface area contributed by atoms with Crippen LogP contribution < -0.4 is 10.2 Å². The van der Waals surface area contributed by atoms with Crippen molar-refractivity contribution in [2.24, 2.45) is 0 Å². The number of ether oxygens (including phenoxy) is 1. The fourth-order valence-corrected chi connectivity index (χ4v) is 2.63. The van der Waals surface area contributed by atoms with Crippen molar-refractivity contribution >= 4 is 29.0 Å². The van der Waals surface area contributed by atoms with E-state index in [9.17, 15) is 18.0 Å². The number of anilines is 2. The number of alkyl halides is 3. The van der Waals surface area contributed by atoms with Gasteiger partial charge in [-0.2, -0.15) is 13.2 Å². The van der Waals surface area contributed by atoms with Crippen LogP contribution in [0.2, 0.25) is 5.02 Å². The predicted octanol–water partition coefficient (Wildman–Crippen LogP) is 3.24. The first-order valence-electron chi connectivity index (χ1n) is 7.69. The molecule has 0 saturated carbocycles. The van der Waals surface area contributed by atoms with E-state index in [-0.39, 0.29) is 10.7 Å². The van der Waals surface area contributed by atoms with E-state index >= 15 is 0 Å². The average molecular weight is 387 g/mol. The van der Waals surface area contributed by atoms with Crippen LogP contribution in [0.1, 0.15) is 16.1 Å². The average Bonchev–Trinajstić information content (AvgIpc) is 2.63. The number of morpholine rings is 1. The third kappa shape index (κ3) is 4.23. The molecule has 1 saturated heterocycles. The fourth-order valence-electron chi connectivity index (χ4n) is 2.45. The highest BCUT2D eigenvalue weighted by Gasteiger charge is 2.34. The Morgan fingerprint density at radius 1 is 1.15 bits per heavy atom. The summed E-state index contributed by atoms with van der Waals surface area (Å²) in [6, 6.07) is 6.12. The highest BCUT2D eigenvalue weighted by Crippen LogP contribution is 2.36. The van der Waals surface area contributed by atoms with E-state index in [2.05, 4.69) is 15.5 Å². The lowest BCUT2D eigenvalue weighted by molar-refractivity contribution is -0.136. The zero-order chi connectivity index (χ0) is 18.7. The van der Waals surface area contributed by atoms with Crippen LogP contribution in [0.5, 0.6) is 0 Å². The minimum atomic E-state index is -4.65. The van der Waals surface area contributed by atoms with E-state index in [0.717, 1.165) is 12.1 Å². The zero-order valence-corrected chi connectivity index (χ0v) is 14.1. The van der Waals surface area contributed by atoms with Gasteiger partial charge in [0.05, 0.1) is 24.5 Å². The minimum absolute atomic E-state index is 0.0787. The number of hydrogen-bond donors (Lipinski definition) is 1. The molecule has 0 atom stereocenters. The number of amides is 1. The van der Waals surface area contributed by atoms with Gasteiger partial charge in [-0.25, -0.2) is 0 Å². The molecule has 2 aromatic rings. The lowest BCUT2D eigenvalue weighted by Gasteiger charge is -2.27. The number of aromatic nitrogens is 2. The maximum atomic E-state index is 13.1. The molecule has 0 unspecified atom stereocenters. The molecule has 1 aromatic heterocycles. The summed E-state index contributed by atoms with van der Waals surface area (Å²) in [6.45, 7) is 2.45. The van der Waals surface area contributed by atoms with Crippen molar-refractivity contribution in [3.8, 4) is 0 Å². The SMILES string of the molecule is O=C(Nc1ccc(Cl)cc1C(F)(F)F)c1ccc(N2CCOCC2)nn1. The van der Waals surface area contributed by atoms with Crippen LogP contribution >= 0.6 is 11.6 Å². The number of carbonyl (C=O) groups excluding carboxylic acids is 1. The molecule has 1 fully saturated rings. The summed E-state index contributed by atoms with van der Waals surface area (Å²) in [7, 11) is 0. The van der Waals surface area contributed by atoms with Gasteiger partial charge in [-0.05, 0) is 30.3 Å². The lowest BCUT2D eigenvalue weighted by atomic mass is 10.1. The van der Waals surface area contributed by atoms with Crippen LogP contribution in [0.25, 0.3) is 0 Å². The van der Waals surface area contributed by atoms with Gasteiger partial charge in [0.1, 0.15) is 0 Å². The lowest BCUT2D eigenvalue weighted by Crippen LogP contribution is -2.37. The second-order valence-corrected chi connectivity index (χ2v) is 5.95. The molecular weight excluding hydrogens is 373 g/mol. The van der Waals surface area contributed by atoms with Crippen molar-refractivity contribution in [3.05, 3.63) is 46.6 Å². The summed E-state index contributed by atoms with van der Waals surface area (Å²) in [4.78, 5) is 14.2. The molecule has 0 radical (unpaired) electrons. The molecule has 10 heteroatoms. The Bertz CT molecular complexity index is 793. The van der Waals surface area contributed by atoms with Gasteiger partial charge in [0.2, 0.25) is 0 Å². The Kier molecular flexibility index (Phi) is 5.28. The van der Waals surface area contributed by atoms with E-state index in [1.807, 2.05) is 4.90 Å². The second-order valence-electron chi connectivity index (χ2n) is 5.52. The molecule has 2 heterocycles. The summed E-state index contributed by atoms with van der Waals surface area (Å²) in [5.74, 6) is -0.217. The van der Waals surface area contributed by atoms with Gasteiger partial charge in [0.25, 0.3) is 5.91 Å². The minimum Gasteiger partial charge on any atom is -0.378 e. The zero-order valence-electron chi connectivity index (χ0n) is 13.4. The molecule has 1 aromatic carbocycles. The summed E-state index contributed by atoms with van der Waals surface area (Å²) >= 11 is 5.62. The predicted molar refractivity (Wildman–Crippen MR) is 89.5 cm³/mol. The highest BCUT2D eigenvalue weighted by atomic mass is 35.5. The van der Waals surface area contributed by atoms with Gasteiger partial charge in [-0.3, -0.25) is 4.79 Å². The summed E-state index contributed by atoms with van der Waals surface area (Å²) in [5.41, 5.74) is -1.52. The van der Waals surface area contributed by atoms with Crippen molar-refractivity contribution in [2.75, 3.05) is 36.5 Å². The van der Waals surface area contributed by atoms with Crippen molar-refractivity contribution < 1.29 is 22.7 Å². The molecule has 3 rings (SSSR count). The van der Waals surface area contributed by atoms with Crippen LogP contribution in [0.4, 0.5) is 24.7 Å². The van der Waals surface area contributed by atoms with E-state index in [0.29, 0.717) is 32.1 Å². The van der Waals surface area contributed by atoms with Crippen LogP contribution in [0.3, 0.4) is 0 Å². The third-order valence-electron chi connectivity index (χ3n) is 3.75. The van der Waals surface area contributed by atoms with Gasteiger partial charge in [0.15, 0.2) is 11.5 Å². The smallest absolute Gasteiger partial charge is 0.378 e. The molecule has 26 heavy (non-hydrogen) atoms. The topological polar surface area (TPSA) is 67.4 Å². The van der Waals surface area contributed by atoms with Gasteiger partial charge in [-0.1, -0.05) is 11.6 Å². The highest BCUT2D eigenvalue weighted by molar-refractivity contribution is 6.30. The first-order chi connectivity index (χ1) is 12.3. The van der Waals surface area contributed by atoms with Crippen LogP contribution in [0.15, 0.2) is 30.3 Å². The standard InChI is InChI=1S/C16H14ClF3N4O2/c17-10-1-2-12(11(9-10)16(18,19)20)21-15(25)13-3-4-14(23-22-13)24-5-7-26-8-6-24/h1-4,9H,5-8H2,(H,21,25). The normalized spacial score (nSPS) is 15.0. The number of nitrogens with one attached hydrogen (secondary N) is 1. The Morgan fingerprint density at radius 3 is 2.50 bits per heavy atom. The Labute approximate surface area is 151 Å². The Balaban J connectivity index is 1.76. The number of hydrogen-bond acceptors (Lipinski definition) is 5. The van der Waals surface area contributed by atoms with Gasteiger partial charge in [-0.15, -0.1) is 10.2 Å². The molecule has 0 spiro atoms. The Hall–Kier alpha value is -2.39. The molecule has 1 amide bonds. The van der Waals surface area contributed by atoms with Crippen LogP contribution in [-0.2, 0) is 10.9 Å². The second kappa shape index (κ2) is 7.46. The number of nitrogens with zero attached hydrogens (tertiary/aromatic N) is 3. The third-order valence-corrected chi connectivity index (χ3v) is 3.99. The van der Waals surface area contributed by atoms with Crippen molar-refractivity contribution in [3.63, 3.8) is 0 Å². The molecule has 0 aliphatic carbocycles. The van der Waals surface area contributed by atoms with E-state index < -0.39 is 23.3 Å². The molecule has 0 bridgehead atoms. The molecular formula is C16H14ClF3N4O2. The van der Waals surface area contributed by atoms with Crippen molar-refractivity contribution in [2.45, 2.75) is 6.18 Å². The molecule has 138 valence electrons. The number of benzene rings is 1. The van der Waals surface area contributed by atoms with E-state index in [4.69, 9.17) is 16.3 Å².